The van der Waals surface area contributed by atoms with Gasteiger partial charge in [0.15, 0.2) is 13.1 Å². The third kappa shape index (κ3) is 2.58. The van der Waals surface area contributed by atoms with Gasteiger partial charge in [-0.15, -0.1) is 0 Å². The zero-order valence-corrected chi connectivity index (χ0v) is 9.65. The van der Waals surface area contributed by atoms with Gasteiger partial charge in [-0.3, -0.25) is 4.79 Å². The van der Waals surface area contributed by atoms with Gasteiger partial charge in [-0.1, -0.05) is 0 Å². The molecule has 14 heavy (non-hydrogen) atoms. The Hall–Kier alpha value is -0.820. The van der Waals surface area contributed by atoms with Crippen molar-refractivity contribution in [2.24, 2.45) is 0 Å². The predicted molar refractivity (Wildman–Crippen MR) is 58.7 cm³/mol. The fourth-order valence-electron chi connectivity index (χ4n) is 0.885. The van der Waals surface area contributed by atoms with Gasteiger partial charge in [-0.05, 0) is 28.7 Å². The maximum Gasteiger partial charge on any atom is 0.188 e. The van der Waals surface area contributed by atoms with Gasteiger partial charge in [-0.2, -0.15) is 0 Å². The number of hydrogen-bond donors (Lipinski definition) is 1. The number of phenols is 1. The fraction of sp³-hybridized carbons (Fsp3) is 0.222. The smallest absolute Gasteiger partial charge is 0.188 e. The number of methoxy groups -OCH3 is 1. The highest BCUT2D eigenvalue weighted by Gasteiger charge is 2.07. The summed E-state index contributed by atoms with van der Waals surface area (Å²) in [6.07, 6.45) is 0.595. The molecule has 0 bridgehead atoms. The summed E-state index contributed by atoms with van der Waals surface area (Å²) in [5.41, 5.74) is 0.249. The van der Waals surface area contributed by atoms with Crippen LogP contribution in [0.25, 0.3) is 0 Å². The molecule has 1 rings (SSSR count). The normalized spacial score (nSPS) is 9.86. The Bertz CT molecular complexity index is 338. The number of rotatable bonds is 4. The third-order valence-corrected chi connectivity index (χ3v) is 2.38. The Labute approximate surface area is 95.0 Å². The molecule has 1 aromatic carbocycles. The molecule has 4 nitrogen and oxygen atoms in total. The first-order chi connectivity index (χ1) is 6.69. The molecule has 0 amide bonds. The van der Waals surface area contributed by atoms with Crippen molar-refractivity contribution in [1.29, 1.82) is 0 Å². The number of ether oxygens (including phenoxy) is 2. The average molecular weight is 308 g/mol. The molecule has 1 aromatic rings. The average Bonchev–Trinajstić information content (AvgIpc) is 2.18. The van der Waals surface area contributed by atoms with E-state index < -0.39 is 0 Å². The summed E-state index contributed by atoms with van der Waals surface area (Å²) >= 11 is 2.02. The molecule has 0 heterocycles. The Balaban J connectivity index is 2.96. The highest BCUT2D eigenvalue weighted by molar-refractivity contribution is 14.1. The molecular weight excluding hydrogens is 299 g/mol. The number of carbonyl (C=O) groups excluding carboxylic acids is 1. The number of aldehydes is 1. The molecule has 1 N–H and O–H groups in total. The van der Waals surface area contributed by atoms with E-state index in [1.807, 2.05) is 22.6 Å². The number of halogens is 1. The van der Waals surface area contributed by atoms with Crippen LogP contribution >= 0.6 is 22.6 Å². The highest BCUT2D eigenvalue weighted by atomic mass is 127. The van der Waals surface area contributed by atoms with Gasteiger partial charge in [0.1, 0.15) is 11.5 Å². The second-order valence-electron chi connectivity index (χ2n) is 2.51. The van der Waals surface area contributed by atoms with Crippen LogP contribution < -0.4 is 4.74 Å². The lowest BCUT2D eigenvalue weighted by Gasteiger charge is -2.08. The molecule has 0 saturated heterocycles. The first kappa shape index (κ1) is 11.3. The fourth-order valence-corrected chi connectivity index (χ4v) is 1.53. The van der Waals surface area contributed by atoms with Gasteiger partial charge in [0.2, 0.25) is 0 Å². The molecule has 0 aliphatic heterocycles. The van der Waals surface area contributed by atoms with Crippen LogP contribution in [0.15, 0.2) is 12.1 Å². The Morgan fingerprint density at radius 3 is 2.86 bits per heavy atom. The van der Waals surface area contributed by atoms with Crippen molar-refractivity contribution in [3.63, 3.8) is 0 Å². The highest BCUT2D eigenvalue weighted by Crippen LogP contribution is 2.28. The van der Waals surface area contributed by atoms with E-state index in [0.29, 0.717) is 12.0 Å². The maximum absolute atomic E-state index is 10.5. The van der Waals surface area contributed by atoms with E-state index in [4.69, 9.17) is 9.47 Å². The van der Waals surface area contributed by atoms with E-state index in [1.54, 1.807) is 6.07 Å². The minimum Gasteiger partial charge on any atom is -0.507 e. The van der Waals surface area contributed by atoms with Gasteiger partial charge < -0.3 is 14.6 Å². The van der Waals surface area contributed by atoms with Crippen molar-refractivity contribution in [1.82, 2.24) is 0 Å². The van der Waals surface area contributed by atoms with Crippen LogP contribution in [-0.4, -0.2) is 25.3 Å². The van der Waals surface area contributed by atoms with Crippen molar-refractivity contribution in [2.45, 2.75) is 0 Å². The largest absolute Gasteiger partial charge is 0.507 e. The number of phenolic OH excluding ortho intramolecular Hbond substituents is 1. The summed E-state index contributed by atoms with van der Waals surface area (Å²) in [6.45, 7) is 0.107. The first-order valence-corrected chi connectivity index (χ1v) is 4.86. The standard InChI is InChI=1S/C9H9IO4/c1-13-5-14-9-3-8(12)6(4-11)2-7(9)10/h2-4,12H,5H2,1H3. The molecule has 0 aliphatic carbocycles. The number of hydrogen-bond acceptors (Lipinski definition) is 4. The van der Waals surface area contributed by atoms with Gasteiger partial charge in [0.25, 0.3) is 0 Å². The molecular formula is C9H9IO4. The van der Waals surface area contributed by atoms with Crippen molar-refractivity contribution in [3.8, 4) is 11.5 Å². The van der Waals surface area contributed by atoms with Crippen LogP contribution in [0, 0.1) is 3.57 Å². The van der Waals surface area contributed by atoms with Gasteiger partial charge in [-0.25, -0.2) is 0 Å². The van der Waals surface area contributed by atoms with E-state index in [9.17, 15) is 9.90 Å². The molecule has 0 radical (unpaired) electrons. The Kier molecular flexibility index (Phi) is 4.15. The molecule has 0 saturated carbocycles. The zero-order valence-electron chi connectivity index (χ0n) is 7.49. The van der Waals surface area contributed by atoms with Crippen LogP contribution in [0.2, 0.25) is 0 Å². The maximum atomic E-state index is 10.5. The third-order valence-electron chi connectivity index (χ3n) is 1.54. The lowest BCUT2D eigenvalue weighted by Crippen LogP contribution is -2.00. The molecule has 0 atom stereocenters. The summed E-state index contributed by atoms with van der Waals surface area (Å²) in [6, 6.07) is 2.94. The minimum absolute atomic E-state index is 0.0912. The second-order valence-corrected chi connectivity index (χ2v) is 3.67. The monoisotopic (exact) mass is 308 g/mol. The van der Waals surface area contributed by atoms with Crippen molar-refractivity contribution in [3.05, 3.63) is 21.3 Å². The predicted octanol–water partition coefficient (Wildman–Crippen LogP) is 1.79. The molecule has 0 fully saturated rings. The number of aromatic hydroxyl groups is 1. The quantitative estimate of drug-likeness (QED) is 0.523. The van der Waals surface area contributed by atoms with E-state index in [2.05, 4.69) is 0 Å². The van der Waals surface area contributed by atoms with E-state index in [1.165, 1.54) is 13.2 Å². The summed E-state index contributed by atoms with van der Waals surface area (Å²) in [4.78, 5) is 10.5. The van der Waals surface area contributed by atoms with Crippen molar-refractivity contribution in [2.75, 3.05) is 13.9 Å². The minimum atomic E-state index is -0.0912. The topological polar surface area (TPSA) is 55.8 Å². The van der Waals surface area contributed by atoms with Crippen LogP contribution in [0.3, 0.4) is 0 Å². The summed E-state index contributed by atoms with van der Waals surface area (Å²) in [7, 11) is 1.51. The Morgan fingerprint density at radius 2 is 2.29 bits per heavy atom. The van der Waals surface area contributed by atoms with E-state index in [-0.39, 0.29) is 18.1 Å². The molecule has 0 aromatic heterocycles. The number of carbonyl (C=O) groups is 1. The molecule has 0 unspecified atom stereocenters. The summed E-state index contributed by atoms with van der Waals surface area (Å²) in [5, 5.41) is 9.36. The SMILES string of the molecule is COCOc1cc(O)c(C=O)cc1I. The van der Waals surface area contributed by atoms with Gasteiger partial charge in [0, 0.05) is 13.2 Å². The van der Waals surface area contributed by atoms with Gasteiger partial charge in [0.05, 0.1) is 9.13 Å². The van der Waals surface area contributed by atoms with Crippen molar-refractivity contribution < 1.29 is 19.4 Å². The second kappa shape index (κ2) is 5.16. The molecule has 5 heteroatoms. The Morgan fingerprint density at radius 1 is 1.57 bits per heavy atom. The molecule has 76 valence electrons. The first-order valence-electron chi connectivity index (χ1n) is 3.78. The molecule has 0 aliphatic rings. The van der Waals surface area contributed by atoms with Gasteiger partial charge >= 0.3 is 0 Å². The van der Waals surface area contributed by atoms with Crippen LogP contribution in [0.4, 0.5) is 0 Å². The lowest BCUT2D eigenvalue weighted by atomic mass is 10.2. The van der Waals surface area contributed by atoms with Crippen LogP contribution in [0.5, 0.6) is 11.5 Å². The van der Waals surface area contributed by atoms with Crippen LogP contribution in [-0.2, 0) is 4.74 Å². The van der Waals surface area contributed by atoms with Crippen molar-refractivity contribution >= 4 is 28.9 Å². The number of benzene rings is 1. The molecule has 0 spiro atoms. The zero-order chi connectivity index (χ0) is 10.6. The summed E-state index contributed by atoms with van der Waals surface area (Å²) in [5.74, 6) is 0.405. The lowest BCUT2D eigenvalue weighted by molar-refractivity contribution is 0.0503. The summed E-state index contributed by atoms with van der Waals surface area (Å²) < 4.78 is 10.6. The van der Waals surface area contributed by atoms with E-state index in [0.717, 1.165) is 3.57 Å². The van der Waals surface area contributed by atoms with Crippen LogP contribution in [0.1, 0.15) is 10.4 Å². The van der Waals surface area contributed by atoms with E-state index >= 15 is 0 Å².